The van der Waals surface area contributed by atoms with Gasteiger partial charge in [0.2, 0.25) is 5.78 Å². The molecule has 4 rings (SSSR count). The summed E-state index contributed by atoms with van der Waals surface area (Å²) >= 11 is 2.89. The largest absolute Gasteiger partial charge is 0.453 e. The van der Waals surface area contributed by atoms with Crippen LogP contribution in [-0.4, -0.2) is 47.8 Å². The fourth-order valence-corrected chi connectivity index (χ4v) is 6.97. The summed E-state index contributed by atoms with van der Waals surface area (Å²) in [5.74, 6) is -0.715. The molecule has 1 saturated heterocycles. The number of thiazole rings is 1. The van der Waals surface area contributed by atoms with E-state index in [1.54, 1.807) is 29.7 Å². The molecule has 158 valence electrons. The Balaban J connectivity index is 1.43. The van der Waals surface area contributed by atoms with Crippen LogP contribution in [0.1, 0.15) is 44.7 Å². The van der Waals surface area contributed by atoms with Gasteiger partial charge in [-0.05, 0) is 37.8 Å². The Kier molecular flexibility index (Phi) is 5.65. The molecular weight excluding hydrogens is 444 g/mol. The van der Waals surface area contributed by atoms with Crippen molar-refractivity contribution in [3.63, 3.8) is 0 Å². The quantitative estimate of drug-likeness (QED) is 0.408. The highest BCUT2D eigenvalue weighted by Crippen LogP contribution is 2.29. The minimum atomic E-state index is -3.04. The molecule has 1 aliphatic heterocycles. The van der Waals surface area contributed by atoms with Crippen LogP contribution in [-0.2, 0) is 14.6 Å². The van der Waals surface area contributed by atoms with Gasteiger partial charge in [-0.25, -0.2) is 18.2 Å². The molecule has 1 fully saturated rings. The van der Waals surface area contributed by atoms with Crippen molar-refractivity contribution in [3.8, 4) is 10.6 Å². The van der Waals surface area contributed by atoms with Crippen LogP contribution >= 0.6 is 22.7 Å². The topological polar surface area (TPSA) is 95.3 Å². The van der Waals surface area contributed by atoms with E-state index in [1.807, 2.05) is 28.3 Å². The normalized spacial score (nSPS) is 17.9. The second-order valence-electron chi connectivity index (χ2n) is 7.26. The molecule has 0 radical (unpaired) electrons. The number of ketones is 1. The zero-order valence-corrected chi connectivity index (χ0v) is 18.9. The standard InChI is InChI=1S/C20H20N2O5S3/c1-12-7-16(13(2)22(12)15-4-6-30(25,26)11-15)18(23)8-27-20(24)17-10-29-19(21-17)14-3-5-28-9-14/h3,5,7,9-10,15H,4,6,8,11H2,1-2H3. The molecule has 0 bridgehead atoms. The maximum Gasteiger partial charge on any atom is 0.358 e. The summed E-state index contributed by atoms with van der Waals surface area (Å²) < 4.78 is 30.7. The molecule has 0 amide bonds. The summed E-state index contributed by atoms with van der Waals surface area (Å²) in [6, 6.07) is 3.49. The van der Waals surface area contributed by atoms with E-state index < -0.39 is 22.4 Å². The van der Waals surface area contributed by atoms with Crippen LogP contribution < -0.4 is 0 Å². The summed E-state index contributed by atoms with van der Waals surface area (Å²) in [6.07, 6.45) is 0.539. The fraction of sp³-hybridized carbons (Fsp3) is 0.350. The molecule has 10 heteroatoms. The number of hydrogen-bond donors (Lipinski definition) is 0. The molecule has 1 atom stereocenters. The second-order valence-corrected chi connectivity index (χ2v) is 11.1. The van der Waals surface area contributed by atoms with Gasteiger partial charge in [-0.1, -0.05) is 0 Å². The molecule has 0 aliphatic carbocycles. The lowest BCUT2D eigenvalue weighted by atomic mass is 10.1. The lowest BCUT2D eigenvalue weighted by molar-refractivity contribution is 0.0469. The van der Waals surface area contributed by atoms with E-state index in [-0.39, 0.29) is 29.0 Å². The van der Waals surface area contributed by atoms with Gasteiger partial charge in [-0.2, -0.15) is 11.3 Å². The summed E-state index contributed by atoms with van der Waals surface area (Å²) in [6.45, 7) is 3.25. The van der Waals surface area contributed by atoms with E-state index >= 15 is 0 Å². The number of Topliss-reactive ketones (excluding diaryl/α,β-unsaturated/α-hetero) is 1. The molecule has 3 aromatic heterocycles. The summed E-state index contributed by atoms with van der Waals surface area (Å²) in [7, 11) is -3.04. The number of nitrogens with zero attached hydrogens (tertiary/aromatic N) is 2. The highest BCUT2D eigenvalue weighted by atomic mass is 32.2. The van der Waals surface area contributed by atoms with Crippen LogP contribution in [0.5, 0.6) is 0 Å². The van der Waals surface area contributed by atoms with Crippen molar-refractivity contribution in [2.75, 3.05) is 18.1 Å². The average Bonchev–Trinajstić information content (AvgIpc) is 3.46. The summed E-state index contributed by atoms with van der Waals surface area (Å²) in [5, 5.41) is 6.23. The third-order valence-corrected chi connectivity index (χ3v) is 8.50. The predicted octanol–water partition coefficient (Wildman–Crippen LogP) is 3.69. The number of ether oxygens (including phenoxy) is 1. The van der Waals surface area contributed by atoms with Gasteiger partial charge in [0.25, 0.3) is 0 Å². The van der Waals surface area contributed by atoms with E-state index in [4.69, 9.17) is 4.74 Å². The van der Waals surface area contributed by atoms with Crippen molar-refractivity contribution in [3.05, 3.63) is 50.9 Å². The highest BCUT2D eigenvalue weighted by Gasteiger charge is 2.31. The second kappa shape index (κ2) is 8.09. The minimum absolute atomic E-state index is 0.0856. The van der Waals surface area contributed by atoms with Gasteiger partial charge < -0.3 is 9.30 Å². The lowest BCUT2D eigenvalue weighted by Gasteiger charge is -2.16. The van der Waals surface area contributed by atoms with Crippen LogP contribution in [0.25, 0.3) is 10.6 Å². The van der Waals surface area contributed by atoms with E-state index in [1.165, 1.54) is 11.3 Å². The van der Waals surface area contributed by atoms with Gasteiger partial charge in [-0.15, -0.1) is 11.3 Å². The Bertz CT molecular complexity index is 1210. The van der Waals surface area contributed by atoms with E-state index in [9.17, 15) is 18.0 Å². The Morgan fingerprint density at radius 3 is 2.77 bits per heavy atom. The van der Waals surface area contributed by atoms with Gasteiger partial charge in [0.05, 0.1) is 11.5 Å². The number of rotatable bonds is 6. The highest BCUT2D eigenvalue weighted by molar-refractivity contribution is 7.91. The van der Waals surface area contributed by atoms with Crippen LogP contribution in [0.2, 0.25) is 0 Å². The molecule has 30 heavy (non-hydrogen) atoms. The molecule has 0 spiro atoms. The van der Waals surface area contributed by atoms with E-state index in [0.717, 1.165) is 16.3 Å². The number of thiophene rings is 1. The first-order chi connectivity index (χ1) is 14.2. The lowest BCUT2D eigenvalue weighted by Crippen LogP contribution is -2.17. The molecule has 0 saturated carbocycles. The predicted molar refractivity (Wildman–Crippen MR) is 116 cm³/mol. The number of aromatic nitrogens is 2. The maximum absolute atomic E-state index is 12.7. The van der Waals surface area contributed by atoms with Crippen molar-refractivity contribution in [2.24, 2.45) is 0 Å². The first kappa shape index (κ1) is 21.0. The van der Waals surface area contributed by atoms with Crippen molar-refractivity contribution in [1.29, 1.82) is 0 Å². The van der Waals surface area contributed by atoms with Gasteiger partial charge >= 0.3 is 5.97 Å². The smallest absolute Gasteiger partial charge is 0.358 e. The molecule has 4 heterocycles. The SMILES string of the molecule is Cc1cc(C(=O)COC(=O)c2csc(-c3ccsc3)n2)c(C)n1C1CCS(=O)(=O)C1. The van der Waals surface area contributed by atoms with Crippen LogP contribution in [0.4, 0.5) is 0 Å². The molecule has 0 aromatic carbocycles. The number of sulfone groups is 1. The first-order valence-corrected chi connectivity index (χ1v) is 13.0. The molecule has 1 aliphatic rings. The monoisotopic (exact) mass is 464 g/mol. The van der Waals surface area contributed by atoms with Gasteiger partial charge in [0, 0.05) is 39.3 Å². The zero-order valence-electron chi connectivity index (χ0n) is 16.5. The zero-order chi connectivity index (χ0) is 21.5. The first-order valence-electron chi connectivity index (χ1n) is 9.32. The van der Waals surface area contributed by atoms with Crippen molar-refractivity contribution in [1.82, 2.24) is 9.55 Å². The minimum Gasteiger partial charge on any atom is -0.453 e. The number of hydrogen-bond acceptors (Lipinski definition) is 8. The van der Waals surface area contributed by atoms with Gasteiger partial charge in [0.1, 0.15) is 5.01 Å². The van der Waals surface area contributed by atoms with Crippen LogP contribution in [0.3, 0.4) is 0 Å². The van der Waals surface area contributed by atoms with Crippen molar-refractivity contribution >= 4 is 44.3 Å². The number of esters is 1. The van der Waals surface area contributed by atoms with E-state index in [2.05, 4.69) is 4.98 Å². The fourth-order valence-electron chi connectivity index (χ4n) is 3.77. The molecule has 3 aromatic rings. The third kappa shape index (κ3) is 4.12. The molecular formula is C20H20N2O5S3. The van der Waals surface area contributed by atoms with Crippen molar-refractivity contribution in [2.45, 2.75) is 26.3 Å². The molecule has 7 nitrogen and oxygen atoms in total. The molecule has 0 N–H and O–H groups in total. The Morgan fingerprint density at radius 2 is 2.10 bits per heavy atom. The Morgan fingerprint density at radius 1 is 1.30 bits per heavy atom. The number of carbonyl (C=O) groups excluding carboxylic acids is 2. The summed E-state index contributed by atoms with van der Waals surface area (Å²) in [4.78, 5) is 29.3. The average molecular weight is 465 g/mol. The van der Waals surface area contributed by atoms with E-state index in [0.29, 0.717) is 17.7 Å². The van der Waals surface area contributed by atoms with Gasteiger partial charge in [-0.3, -0.25) is 4.79 Å². The van der Waals surface area contributed by atoms with Crippen LogP contribution in [0, 0.1) is 13.8 Å². The third-order valence-electron chi connectivity index (χ3n) is 5.17. The number of carbonyl (C=O) groups is 2. The Hall–Kier alpha value is -2.30. The number of aryl methyl sites for hydroxylation is 1. The molecule has 1 unspecified atom stereocenters. The van der Waals surface area contributed by atoms with Crippen LogP contribution in [0.15, 0.2) is 28.3 Å². The van der Waals surface area contributed by atoms with Crippen molar-refractivity contribution < 1.29 is 22.7 Å². The maximum atomic E-state index is 12.7. The van der Waals surface area contributed by atoms with Gasteiger partial charge in [0.15, 0.2) is 22.1 Å². The summed E-state index contributed by atoms with van der Waals surface area (Å²) in [5.41, 5.74) is 3.09. The Labute approximate surface area is 182 Å².